The van der Waals surface area contributed by atoms with Crippen LogP contribution in [0.3, 0.4) is 0 Å². The van der Waals surface area contributed by atoms with Gasteiger partial charge in [-0.05, 0) is 24.1 Å². The molecular weight excluding hydrogens is 280 g/mol. The van der Waals surface area contributed by atoms with Gasteiger partial charge in [0.1, 0.15) is 5.76 Å². The molecule has 1 aromatic carbocycles. The summed E-state index contributed by atoms with van der Waals surface area (Å²) < 4.78 is 5.54. The summed E-state index contributed by atoms with van der Waals surface area (Å²) in [6.45, 7) is 0.520. The second kappa shape index (κ2) is 6.71. The van der Waals surface area contributed by atoms with Gasteiger partial charge in [-0.2, -0.15) is 15.4 Å². The van der Waals surface area contributed by atoms with E-state index in [-0.39, 0.29) is 17.5 Å². The maximum Gasteiger partial charge on any atom is 0.273 e. The van der Waals surface area contributed by atoms with Crippen molar-refractivity contribution in [2.45, 2.75) is 12.3 Å². The Morgan fingerprint density at radius 2 is 2.09 bits per heavy atom. The number of rotatable bonds is 6. The number of furan rings is 1. The summed E-state index contributed by atoms with van der Waals surface area (Å²) in [7, 11) is 0. The van der Waals surface area contributed by atoms with Gasteiger partial charge in [-0.15, -0.1) is 0 Å². The maximum absolute atomic E-state index is 11.9. The molecule has 1 amide bonds. The van der Waals surface area contributed by atoms with Crippen molar-refractivity contribution in [1.82, 2.24) is 20.7 Å². The summed E-state index contributed by atoms with van der Waals surface area (Å²) in [6.07, 6.45) is 3.80. The lowest BCUT2D eigenvalue weighted by Crippen LogP contribution is -2.26. The first-order valence-corrected chi connectivity index (χ1v) is 7.07. The Balaban J connectivity index is 1.65. The van der Waals surface area contributed by atoms with E-state index in [1.807, 2.05) is 30.3 Å². The fourth-order valence-electron chi connectivity index (χ4n) is 2.38. The Hall–Kier alpha value is -2.89. The third-order valence-corrected chi connectivity index (χ3v) is 3.45. The summed E-state index contributed by atoms with van der Waals surface area (Å²) >= 11 is 0. The Kier molecular flexibility index (Phi) is 4.29. The average Bonchev–Trinajstić information content (AvgIpc) is 3.25. The van der Waals surface area contributed by atoms with Crippen molar-refractivity contribution >= 4 is 5.91 Å². The van der Waals surface area contributed by atoms with Gasteiger partial charge in [-0.3, -0.25) is 4.79 Å². The molecule has 0 saturated heterocycles. The van der Waals surface area contributed by atoms with Crippen molar-refractivity contribution in [3.8, 4) is 0 Å². The number of benzene rings is 1. The zero-order valence-corrected chi connectivity index (χ0v) is 11.9. The number of amides is 1. The molecule has 0 bridgehead atoms. The molecule has 0 spiro atoms. The van der Waals surface area contributed by atoms with Gasteiger partial charge in [0.2, 0.25) is 0 Å². The number of hydrogen-bond donors (Lipinski definition) is 2. The molecule has 0 aliphatic carbocycles. The summed E-state index contributed by atoms with van der Waals surface area (Å²) in [5.74, 6) is 0.760. The van der Waals surface area contributed by atoms with Crippen LogP contribution < -0.4 is 5.32 Å². The van der Waals surface area contributed by atoms with E-state index in [1.54, 1.807) is 6.26 Å². The largest absolute Gasteiger partial charge is 0.469 e. The minimum Gasteiger partial charge on any atom is -0.469 e. The number of nitrogens with zero attached hydrogens (tertiary/aromatic N) is 2. The summed E-state index contributed by atoms with van der Waals surface area (Å²) in [5.41, 5.74) is 1.45. The molecule has 1 atom stereocenters. The van der Waals surface area contributed by atoms with Crippen LogP contribution in [-0.4, -0.2) is 27.9 Å². The van der Waals surface area contributed by atoms with Crippen molar-refractivity contribution in [3.05, 3.63) is 71.9 Å². The van der Waals surface area contributed by atoms with Crippen LogP contribution in [0.5, 0.6) is 0 Å². The van der Waals surface area contributed by atoms with Gasteiger partial charge in [-0.25, -0.2) is 0 Å². The highest BCUT2D eigenvalue weighted by Crippen LogP contribution is 2.27. The Morgan fingerprint density at radius 1 is 1.23 bits per heavy atom. The highest BCUT2D eigenvalue weighted by Gasteiger charge is 2.17. The first-order valence-electron chi connectivity index (χ1n) is 7.07. The predicted octanol–water partition coefficient (Wildman–Crippen LogP) is 2.35. The average molecular weight is 296 g/mol. The number of carbonyl (C=O) groups is 1. The van der Waals surface area contributed by atoms with Crippen LogP contribution in [0.4, 0.5) is 0 Å². The van der Waals surface area contributed by atoms with Crippen LogP contribution in [0.15, 0.2) is 59.3 Å². The molecular formula is C16H16N4O2. The number of hydrogen-bond acceptors (Lipinski definition) is 4. The number of nitrogens with one attached hydrogen (secondary N) is 2. The second-order valence-electron chi connectivity index (χ2n) is 4.88. The van der Waals surface area contributed by atoms with Crippen molar-refractivity contribution in [1.29, 1.82) is 0 Å². The molecule has 6 nitrogen and oxygen atoms in total. The first kappa shape index (κ1) is 14.1. The van der Waals surface area contributed by atoms with Crippen LogP contribution >= 0.6 is 0 Å². The van der Waals surface area contributed by atoms with E-state index >= 15 is 0 Å². The zero-order valence-electron chi connectivity index (χ0n) is 11.9. The van der Waals surface area contributed by atoms with Crippen LogP contribution in [0.1, 0.15) is 34.2 Å². The molecule has 2 aromatic heterocycles. The van der Waals surface area contributed by atoms with Crippen LogP contribution in [0.2, 0.25) is 0 Å². The van der Waals surface area contributed by atoms with Gasteiger partial charge in [0.05, 0.1) is 12.5 Å². The van der Waals surface area contributed by atoms with Gasteiger partial charge < -0.3 is 9.73 Å². The monoisotopic (exact) mass is 296 g/mol. The predicted molar refractivity (Wildman–Crippen MR) is 80.3 cm³/mol. The number of H-pyrrole nitrogens is 1. The van der Waals surface area contributed by atoms with Crippen molar-refractivity contribution in [3.63, 3.8) is 0 Å². The van der Waals surface area contributed by atoms with Crippen LogP contribution in [0, 0.1) is 0 Å². The number of carbonyl (C=O) groups excluding carboxylic acids is 1. The molecule has 3 aromatic rings. The smallest absolute Gasteiger partial charge is 0.273 e. The SMILES string of the molecule is O=C(NCCC(c1ccccc1)c1ccco1)c1cn[nH]n1. The molecule has 0 saturated carbocycles. The molecule has 0 aliphatic heterocycles. The molecule has 6 heteroatoms. The molecule has 1 unspecified atom stereocenters. The molecule has 2 N–H and O–H groups in total. The number of aromatic amines is 1. The minimum atomic E-state index is -0.236. The van der Waals surface area contributed by atoms with E-state index in [0.29, 0.717) is 6.54 Å². The lowest BCUT2D eigenvalue weighted by molar-refractivity contribution is 0.0947. The third-order valence-electron chi connectivity index (χ3n) is 3.45. The van der Waals surface area contributed by atoms with E-state index in [4.69, 9.17) is 4.42 Å². The van der Waals surface area contributed by atoms with Crippen LogP contribution in [0.25, 0.3) is 0 Å². The Labute approximate surface area is 127 Å². The summed E-state index contributed by atoms with van der Waals surface area (Å²) in [5, 5.41) is 12.6. The van der Waals surface area contributed by atoms with Crippen molar-refractivity contribution in [2.24, 2.45) is 0 Å². The van der Waals surface area contributed by atoms with E-state index in [0.717, 1.165) is 17.7 Å². The van der Waals surface area contributed by atoms with E-state index in [9.17, 15) is 4.79 Å². The standard InChI is InChI=1S/C16H16N4O2/c21-16(14-11-18-20-19-14)17-9-8-13(15-7-4-10-22-15)12-5-2-1-3-6-12/h1-7,10-11,13H,8-9H2,(H,17,21)(H,18,19,20). The highest BCUT2D eigenvalue weighted by molar-refractivity contribution is 5.91. The van der Waals surface area contributed by atoms with Crippen molar-refractivity contribution < 1.29 is 9.21 Å². The van der Waals surface area contributed by atoms with E-state index < -0.39 is 0 Å². The van der Waals surface area contributed by atoms with Gasteiger partial charge in [0.15, 0.2) is 5.69 Å². The normalized spacial score (nSPS) is 12.0. The summed E-state index contributed by atoms with van der Waals surface area (Å²) in [4.78, 5) is 11.9. The van der Waals surface area contributed by atoms with Gasteiger partial charge in [-0.1, -0.05) is 30.3 Å². The van der Waals surface area contributed by atoms with E-state index in [2.05, 4.69) is 32.9 Å². The minimum absolute atomic E-state index is 0.105. The highest BCUT2D eigenvalue weighted by atomic mass is 16.3. The quantitative estimate of drug-likeness (QED) is 0.731. The van der Waals surface area contributed by atoms with E-state index in [1.165, 1.54) is 6.20 Å². The molecule has 112 valence electrons. The van der Waals surface area contributed by atoms with Gasteiger partial charge in [0.25, 0.3) is 5.91 Å². The molecule has 2 heterocycles. The lowest BCUT2D eigenvalue weighted by atomic mass is 9.93. The molecule has 0 aliphatic rings. The first-order chi connectivity index (χ1) is 10.8. The van der Waals surface area contributed by atoms with Gasteiger partial charge in [0, 0.05) is 12.5 Å². The molecule has 22 heavy (non-hydrogen) atoms. The molecule has 0 radical (unpaired) electrons. The fourth-order valence-corrected chi connectivity index (χ4v) is 2.38. The van der Waals surface area contributed by atoms with Crippen molar-refractivity contribution in [2.75, 3.05) is 6.54 Å². The molecule has 0 fully saturated rings. The Morgan fingerprint density at radius 3 is 2.77 bits per heavy atom. The Bertz CT molecular complexity index is 693. The zero-order chi connectivity index (χ0) is 15.2. The lowest BCUT2D eigenvalue weighted by Gasteiger charge is -2.15. The molecule has 3 rings (SSSR count). The third kappa shape index (κ3) is 3.22. The van der Waals surface area contributed by atoms with Gasteiger partial charge >= 0.3 is 0 Å². The maximum atomic E-state index is 11.9. The fraction of sp³-hybridized carbons (Fsp3) is 0.188. The van der Waals surface area contributed by atoms with Crippen LogP contribution in [-0.2, 0) is 0 Å². The topological polar surface area (TPSA) is 83.8 Å². The number of aromatic nitrogens is 3. The second-order valence-corrected chi connectivity index (χ2v) is 4.88. The summed E-state index contributed by atoms with van der Waals surface area (Å²) in [6, 6.07) is 13.9.